The lowest BCUT2D eigenvalue weighted by Crippen LogP contribution is -2.46. The van der Waals surface area contributed by atoms with Crippen LogP contribution in [0.4, 0.5) is 0 Å². The molecule has 104 valence electrons. The van der Waals surface area contributed by atoms with E-state index < -0.39 is 23.8 Å². The van der Waals surface area contributed by atoms with Crippen molar-refractivity contribution in [1.29, 1.82) is 0 Å². The Morgan fingerprint density at radius 1 is 1.42 bits per heavy atom. The van der Waals surface area contributed by atoms with Gasteiger partial charge in [-0.25, -0.2) is 10.2 Å². The molecule has 1 atom stereocenters. The summed E-state index contributed by atoms with van der Waals surface area (Å²) in [6.45, 7) is 0. The van der Waals surface area contributed by atoms with Gasteiger partial charge in [-0.3, -0.25) is 14.4 Å². The topological polar surface area (TPSA) is 151 Å². The highest BCUT2D eigenvalue weighted by Gasteiger charge is 2.24. The van der Waals surface area contributed by atoms with Crippen molar-refractivity contribution < 1.29 is 24.3 Å². The lowest BCUT2D eigenvalue weighted by molar-refractivity contribution is -0.141. The summed E-state index contributed by atoms with van der Waals surface area (Å²) in [5, 5.41) is 14.7. The predicted octanol–water partition coefficient (Wildman–Crippen LogP) is -1.91. The smallest absolute Gasteiger partial charge is 0.326 e. The number of hydrogen-bond acceptors (Lipinski definition) is 5. The van der Waals surface area contributed by atoms with E-state index in [0.717, 1.165) is 0 Å². The fraction of sp³-hybridized carbons (Fsp3) is 0.500. The molecule has 0 aromatic heterocycles. The number of aliphatic carboxylic acids is 1. The van der Waals surface area contributed by atoms with Gasteiger partial charge in [0.2, 0.25) is 11.8 Å². The molecule has 0 saturated carbocycles. The first kappa shape index (κ1) is 14.6. The number of nitrogens with zero attached hydrogens (tertiary/aromatic N) is 1. The maximum atomic E-state index is 11.7. The molecule has 1 unspecified atom stereocenters. The summed E-state index contributed by atoms with van der Waals surface area (Å²) in [5.41, 5.74) is 7.09. The third-order valence-corrected chi connectivity index (χ3v) is 2.45. The Morgan fingerprint density at radius 3 is 2.58 bits per heavy atom. The van der Waals surface area contributed by atoms with Crippen molar-refractivity contribution in [2.24, 2.45) is 10.8 Å². The van der Waals surface area contributed by atoms with Gasteiger partial charge in [0.15, 0.2) is 0 Å². The highest BCUT2D eigenvalue weighted by molar-refractivity contribution is 6.39. The maximum absolute atomic E-state index is 11.7. The van der Waals surface area contributed by atoms with Gasteiger partial charge < -0.3 is 16.2 Å². The molecule has 9 nitrogen and oxygen atoms in total. The molecule has 0 aromatic rings. The van der Waals surface area contributed by atoms with Gasteiger partial charge in [0.25, 0.3) is 5.91 Å². The molecular formula is C10H14N4O5. The Balaban J connectivity index is 2.58. The van der Waals surface area contributed by atoms with Crippen molar-refractivity contribution >= 4 is 29.4 Å². The van der Waals surface area contributed by atoms with E-state index in [1.807, 2.05) is 0 Å². The molecule has 0 bridgehead atoms. The van der Waals surface area contributed by atoms with Crippen LogP contribution in [-0.2, 0) is 19.2 Å². The maximum Gasteiger partial charge on any atom is 0.326 e. The SMILES string of the molecule is NC(=O)CCC(NC(=O)C1=NNC(=O)CC1)C(=O)O. The lowest BCUT2D eigenvalue weighted by Gasteiger charge is -2.16. The van der Waals surface area contributed by atoms with Crippen LogP contribution in [0.1, 0.15) is 25.7 Å². The molecule has 0 spiro atoms. The van der Waals surface area contributed by atoms with Gasteiger partial charge in [0.1, 0.15) is 11.8 Å². The minimum absolute atomic E-state index is 0.0462. The number of carbonyl (C=O) groups is 4. The molecule has 0 saturated heterocycles. The fourth-order valence-electron chi connectivity index (χ4n) is 1.42. The van der Waals surface area contributed by atoms with Gasteiger partial charge in [-0.05, 0) is 6.42 Å². The normalized spacial score (nSPS) is 16.0. The molecule has 3 amide bonds. The summed E-state index contributed by atoms with van der Waals surface area (Å²) in [7, 11) is 0. The van der Waals surface area contributed by atoms with E-state index in [-0.39, 0.29) is 37.3 Å². The number of amides is 3. The van der Waals surface area contributed by atoms with Gasteiger partial charge in [-0.2, -0.15) is 5.10 Å². The largest absolute Gasteiger partial charge is 0.480 e. The number of nitrogens with one attached hydrogen (secondary N) is 2. The van der Waals surface area contributed by atoms with Crippen molar-refractivity contribution in [3.05, 3.63) is 0 Å². The summed E-state index contributed by atoms with van der Waals surface area (Å²) in [6, 6.07) is -1.22. The number of rotatable bonds is 6. The molecule has 0 radical (unpaired) electrons. The molecule has 0 fully saturated rings. The Labute approximate surface area is 108 Å². The number of hydrogen-bond donors (Lipinski definition) is 4. The highest BCUT2D eigenvalue weighted by Crippen LogP contribution is 2.02. The molecule has 19 heavy (non-hydrogen) atoms. The van der Waals surface area contributed by atoms with Gasteiger partial charge >= 0.3 is 5.97 Å². The number of carboxylic acids is 1. The van der Waals surface area contributed by atoms with Gasteiger partial charge in [0, 0.05) is 19.3 Å². The van der Waals surface area contributed by atoms with E-state index in [1.165, 1.54) is 0 Å². The van der Waals surface area contributed by atoms with Crippen LogP contribution in [0, 0.1) is 0 Å². The number of carboxylic acid groups (broad SMARTS) is 1. The summed E-state index contributed by atoms with van der Waals surface area (Å²) >= 11 is 0. The quantitative estimate of drug-likeness (QED) is 0.444. The van der Waals surface area contributed by atoms with Gasteiger partial charge in [-0.1, -0.05) is 0 Å². The third kappa shape index (κ3) is 4.74. The second-order valence-corrected chi connectivity index (χ2v) is 3.96. The molecular weight excluding hydrogens is 256 g/mol. The van der Waals surface area contributed by atoms with E-state index in [1.54, 1.807) is 0 Å². The zero-order chi connectivity index (χ0) is 14.4. The van der Waals surface area contributed by atoms with Crippen molar-refractivity contribution in [1.82, 2.24) is 10.7 Å². The Hall–Kier alpha value is -2.45. The van der Waals surface area contributed by atoms with Crippen LogP contribution < -0.4 is 16.5 Å². The molecule has 0 aliphatic carbocycles. The minimum Gasteiger partial charge on any atom is -0.480 e. The van der Waals surface area contributed by atoms with Crippen LogP contribution in [0.25, 0.3) is 0 Å². The molecule has 1 aliphatic rings. The van der Waals surface area contributed by atoms with Crippen molar-refractivity contribution in [2.45, 2.75) is 31.7 Å². The Bertz CT molecular complexity index is 445. The lowest BCUT2D eigenvalue weighted by atomic mass is 10.1. The first-order chi connectivity index (χ1) is 8.90. The van der Waals surface area contributed by atoms with E-state index in [0.29, 0.717) is 0 Å². The molecule has 0 aromatic carbocycles. The third-order valence-electron chi connectivity index (χ3n) is 2.45. The summed E-state index contributed by atoms with van der Waals surface area (Å²) in [6.07, 6.45) is 0.00159. The highest BCUT2D eigenvalue weighted by atomic mass is 16.4. The van der Waals surface area contributed by atoms with E-state index in [4.69, 9.17) is 10.8 Å². The number of hydrazone groups is 1. The van der Waals surface area contributed by atoms with Crippen LogP contribution >= 0.6 is 0 Å². The predicted molar refractivity (Wildman–Crippen MR) is 62.8 cm³/mol. The number of primary amides is 1. The van der Waals surface area contributed by atoms with Crippen LogP contribution in [0.5, 0.6) is 0 Å². The molecule has 1 rings (SSSR count). The summed E-state index contributed by atoms with van der Waals surface area (Å²) < 4.78 is 0. The monoisotopic (exact) mass is 270 g/mol. The Kier molecular flexibility index (Phi) is 4.98. The average molecular weight is 270 g/mol. The zero-order valence-corrected chi connectivity index (χ0v) is 10.0. The van der Waals surface area contributed by atoms with Crippen LogP contribution in [0.3, 0.4) is 0 Å². The first-order valence-corrected chi connectivity index (χ1v) is 5.57. The number of carbonyl (C=O) groups excluding carboxylic acids is 3. The first-order valence-electron chi connectivity index (χ1n) is 5.57. The average Bonchev–Trinajstić information content (AvgIpc) is 2.34. The Morgan fingerprint density at radius 2 is 2.11 bits per heavy atom. The number of nitrogens with two attached hydrogens (primary N) is 1. The molecule has 1 aliphatic heterocycles. The second-order valence-electron chi connectivity index (χ2n) is 3.96. The van der Waals surface area contributed by atoms with Gasteiger partial charge in [-0.15, -0.1) is 0 Å². The molecule has 5 N–H and O–H groups in total. The van der Waals surface area contributed by atoms with E-state index in [2.05, 4.69) is 15.8 Å². The van der Waals surface area contributed by atoms with Crippen LogP contribution in [0.2, 0.25) is 0 Å². The van der Waals surface area contributed by atoms with Gasteiger partial charge in [0.05, 0.1) is 0 Å². The second kappa shape index (κ2) is 6.47. The van der Waals surface area contributed by atoms with E-state index in [9.17, 15) is 19.2 Å². The standard InChI is InChI=1S/C10H14N4O5/c11-7(15)3-1-6(10(18)19)12-9(17)5-2-4-8(16)14-13-5/h6H,1-4H2,(H2,11,15)(H,12,17)(H,14,16)(H,18,19). The van der Waals surface area contributed by atoms with Crippen molar-refractivity contribution in [3.8, 4) is 0 Å². The summed E-state index contributed by atoms with van der Waals surface area (Å²) in [5.74, 6) is -2.91. The van der Waals surface area contributed by atoms with Crippen LogP contribution in [-0.4, -0.2) is 40.6 Å². The van der Waals surface area contributed by atoms with Crippen molar-refractivity contribution in [2.75, 3.05) is 0 Å². The molecule has 1 heterocycles. The van der Waals surface area contributed by atoms with Crippen molar-refractivity contribution in [3.63, 3.8) is 0 Å². The van der Waals surface area contributed by atoms with Crippen LogP contribution in [0.15, 0.2) is 5.10 Å². The summed E-state index contributed by atoms with van der Waals surface area (Å²) in [4.78, 5) is 44.0. The van der Waals surface area contributed by atoms with E-state index >= 15 is 0 Å². The fourth-order valence-corrected chi connectivity index (χ4v) is 1.42. The minimum atomic E-state index is -1.27. The zero-order valence-electron chi connectivity index (χ0n) is 10.0. The molecule has 9 heteroatoms.